The maximum atomic E-state index is 11.8. The smallest absolute Gasteiger partial charge is 0.407 e. The van der Waals surface area contributed by atoms with Gasteiger partial charge in [0.05, 0.1) is 0 Å². The van der Waals surface area contributed by atoms with Gasteiger partial charge >= 0.3 is 6.09 Å². The van der Waals surface area contributed by atoms with Crippen LogP contribution in [-0.4, -0.2) is 17.7 Å². The molecule has 0 aromatic heterocycles. The van der Waals surface area contributed by atoms with Gasteiger partial charge in [-0.15, -0.1) is 0 Å². The van der Waals surface area contributed by atoms with Gasteiger partial charge in [-0.2, -0.15) is 0 Å². The average molecular weight is 304 g/mol. The Bertz CT molecular complexity index is 530. The molecule has 0 bridgehead atoms. The van der Waals surface area contributed by atoms with Crippen molar-refractivity contribution in [2.75, 3.05) is 5.32 Å². The summed E-state index contributed by atoms with van der Waals surface area (Å²) in [5, 5.41) is 6.42. The van der Waals surface area contributed by atoms with Gasteiger partial charge in [-0.25, -0.2) is 4.79 Å². The lowest BCUT2D eigenvalue weighted by atomic mass is 10.00. The number of ether oxygens (including phenoxy) is 1. The Morgan fingerprint density at radius 2 is 1.95 bits per heavy atom. The molecular formula is C18H28N2O2. The molecule has 0 radical (unpaired) electrons. The molecule has 1 aromatic rings. The first kappa shape index (κ1) is 16.7. The predicted octanol–water partition coefficient (Wildman–Crippen LogP) is 4.31. The number of anilines is 1. The molecule has 122 valence electrons. The molecule has 1 fully saturated rings. The molecular weight excluding hydrogens is 276 g/mol. The fourth-order valence-electron chi connectivity index (χ4n) is 2.33. The maximum absolute atomic E-state index is 11.8. The van der Waals surface area contributed by atoms with E-state index in [1.807, 2.05) is 39.0 Å². The number of nitrogens with one attached hydrogen (secondary N) is 2. The molecule has 1 aliphatic rings. The number of carbonyl (C=O) groups is 1. The highest BCUT2D eigenvalue weighted by atomic mass is 16.6. The summed E-state index contributed by atoms with van der Waals surface area (Å²) in [5.41, 5.74) is 2.09. The van der Waals surface area contributed by atoms with Crippen molar-refractivity contribution in [3.8, 4) is 0 Å². The van der Waals surface area contributed by atoms with Crippen LogP contribution >= 0.6 is 0 Å². The summed E-state index contributed by atoms with van der Waals surface area (Å²) in [6.45, 7) is 10.6. The minimum absolute atomic E-state index is 0.385. The SMILES string of the molecule is CC(Nc1ccccc1CNC(=O)OC(C)(C)C)C1(C)CC1. The predicted molar refractivity (Wildman–Crippen MR) is 89.9 cm³/mol. The van der Waals surface area contributed by atoms with Crippen LogP contribution in [0.4, 0.5) is 10.5 Å². The third-order valence-corrected chi connectivity index (χ3v) is 4.30. The van der Waals surface area contributed by atoms with Gasteiger partial charge in [0.1, 0.15) is 5.60 Å². The molecule has 1 unspecified atom stereocenters. The quantitative estimate of drug-likeness (QED) is 0.852. The summed E-state index contributed by atoms with van der Waals surface area (Å²) in [4.78, 5) is 11.8. The number of alkyl carbamates (subject to hydrolysis) is 1. The van der Waals surface area contributed by atoms with E-state index in [0.29, 0.717) is 18.0 Å². The van der Waals surface area contributed by atoms with Gasteiger partial charge in [-0.3, -0.25) is 0 Å². The molecule has 4 nitrogen and oxygen atoms in total. The van der Waals surface area contributed by atoms with E-state index in [1.165, 1.54) is 12.8 Å². The molecule has 2 N–H and O–H groups in total. The monoisotopic (exact) mass is 304 g/mol. The Balaban J connectivity index is 1.95. The van der Waals surface area contributed by atoms with Crippen molar-refractivity contribution in [3.63, 3.8) is 0 Å². The topological polar surface area (TPSA) is 50.4 Å². The lowest BCUT2D eigenvalue weighted by Gasteiger charge is -2.24. The Hall–Kier alpha value is -1.71. The van der Waals surface area contributed by atoms with E-state index in [2.05, 4.69) is 30.5 Å². The zero-order chi connectivity index (χ0) is 16.4. The minimum atomic E-state index is -0.475. The lowest BCUT2D eigenvalue weighted by Crippen LogP contribution is -2.32. The zero-order valence-electron chi connectivity index (χ0n) is 14.3. The maximum Gasteiger partial charge on any atom is 0.407 e. The fourth-order valence-corrected chi connectivity index (χ4v) is 2.33. The lowest BCUT2D eigenvalue weighted by molar-refractivity contribution is 0.0523. The standard InChI is InChI=1S/C18H28N2O2/c1-13(18(5)10-11-18)20-15-9-7-6-8-14(15)12-19-16(21)22-17(2,3)4/h6-9,13,20H,10-12H2,1-5H3,(H,19,21). The summed E-state index contributed by atoms with van der Waals surface area (Å²) >= 11 is 0. The first-order valence-electron chi connectivity index (χ1n) is 8.01. The van der Waals surface area contributed by atoms with E-state index in [1.54, 1.807) is 0 Å². The molecule has 0 spiro atoms. The van der Waals surface area contributed by atoms with Crippen molar-refractivity contribution in [1.82, 2.24) is 5.32 Å². The number of amides is 1. The van der Waals surface area contributed by atoms with Crippen LogP contribution in [0.15, 0.2) is 24.3 Å². The zero-order valence-corrected chi connectivity index (χ0v) is 14.3. The second-order valence-electron chi connectivity index (χ2n) is 7.53. The molecule has 0 heterocycles. The van der Waals surface area contributed by atoms with Crippen molar-refractivity contribution in [3.05, 3.63) is 29.8 Å². The van der Waals surface area contributed by atoms with Crippen LogP contribution in [0.1, 0.15) is 53.0 Å². The first-order valence-corrected chi connectivity index (χ1v) is 8.01. The normalized spacial score (nSPS) is 17.5. The van der Waals surface area contributed by atoms with Gasteiger partial charge in [0.25, 0.3) is 0 Å². The number of hydrogen-bond donors (Lipinski definition) is 2. The number of rotatable bonds is 5. The molecule has 1 amide bonds. The summed E-state index contributed by atoms with van der Waals surface area (Å²) in [6.07, 6.45) is 2.17. The molecule has 2 rings (SSSR count). The minimum Gasteiger partial charge on any atom is -0.444 e. The van der Waals surface area contributed by atoms with E-state index in [9.17, 15) is 4.79 Å². The van der Waals surface area contributed by atoms with Crippen LogP contribution in [0.25, 0.3) is 0 Å². The van der Waals surface area contributed by atoms with Gasteiger partial charge in [-0.05, 0) is 57.6 Å². The van der Waals surface area contributed by atoms with E-state index >= 15 is 0 Å². The van der Waals surface area contributed by atoms with Crippen LogP contribution in [0.3, 0.4) is 0 Å². The van der Waals surface area contributed by atoms with Gasteiger partial charge in [0, 0.05) is 18.3 Å². The van der Waals surface area contributed by atoms with Crippen LogP contribution < -0.4 is 10.6 Å². The van der Waals surface area contributed by atoms with Crippen LogP contribution in [0.2, 0.25) is 0 Å². The highest BCUT2D eigenvalue weighted by molar-refractivity contribution is 5.68. The molecule has 22 heavy (non-hydrogen) atoms. The van der Waals surface area contributed by atoms with Crippen molar-refractivity contribution in [2.45, 2.75) is 65.6 Å². The van der Waals surface area contributed by atoms with Crippen molar-refractivity contribution >= 4 is 11.8 Å². The second kappa shape index (κ2) is 6.19. The Morgan fingerprint density at radius 3 is 2.55 bits per heavy atom. The van der Waals surface area contributed by atoms with E-state index in [-0.39, 0.29) is 6.09 Å². The number of para-hydroxylation sites is 1. The fraction of sp³-hybridized carbons (Fsp3) is 0.611. The van der Waals surface area contributed by atoms with Gasteiger partial charge in [0.2, 0.25) is 0 Å². The third-order valence-electron chi connectivity index (χ3n) is 4.30. The molecule has 0 saturated heterocycles. The van der Waals surface area contributed by atoms with Gasteiger partial charge in [0.15, 0.2) is 0 Å². The van der Waals surface area contributed by atoms with Crippen molar-refractivity contribution in [1.29, 1.82) is 0 Å². The van der Waals surface area contributed by atoms with Gasteiger partial charge < -0.3 is 15.4 Å². The first-order chi connectivity index (χ1) is 10.2. The average Bonchev–Trinajstić information content (AvgIpc) is 3.15. The molecule has 1 atom stereocenters. The van der Waals surface area contributed by atoms with E-state index in [0.717, 1.165) is 11.3 Å². The van der Waals surface area contributed by atoms with Crippen LogP contribution in [0, 0.1) is 5.41 Å². The van der Waals surface area contributed by atoms with Crippen LogP contribution in [-0.2, 0) is 11.3 Å². The number of hydrogen-bond acceptors (Lipinski definition) is 3. The van der Waals surface area contributed by atoms with Crippen molar-refractivity contribution in [2.24, 2.45) is 5.41 Å². The summed E-state index contributed by atoms with van der Waals surface area (Å²) in [6, 6.07) is 8.52. The molecule has 0 aliphatic heterocycles. The van der Waals surface area contributed by atoms with Gasteiger partial charge in [-0.1, -0.05) is 25.1 Å². The Morgan fingerprint density at radius 1 is 1.32 bits per heavy atom. The summed E-state index contributed by atoms with van der Waals surface area (Å²) < 4.78 is 5.27. The highest BCUT2D eigenvalue weighted by Gasteiger charge is 2.42. The highest BCUT2D eigenvalue weighted by Crippen LogP contribution is 2.48. The molecule has 4 heteroatoms. The Kier molecular flexibility index (Phi) is 4.69. The second-order valence-corrected chi connectivity index (χ2v) is 7.53. The molecule has 1 aliphatic carbocycles. The van der Waals surface area contributed by atoms with E-state index < -0.39 is 5.60 Å². The third kappa shape index (κ3) is 4.65. The van der Waals surface area contributed by atoms with Crippen LogP contribution in [0.5, 0.6) is 0 Å². The van der Waals surface area contributed by atoms with E-state index in [4.69, 9.17) is 4.74 Å². The largest absolute Gasteiger partial charge is 0.444 e. The van der Waals surface area contributed by atoms with Crippen molar-refractivity contribution < 1.29 is 9.53 Å². The number of benzene rings is 1. The summed E-state index contributed by atoms with van der Waals surface area (Å²) in [5.74, 6) is 0. The Labute approximate surface area is 133 Å². The molecule has 1 aromatic carbocycles. The summed E-state index contributed by atoms with van der Waals surface area (Å²) in [7, 11) is 0. The number of carbonyl (C=O) groups excluding carboxylic acids is 1. The molecule has 1 saturated carbocycles.